The highest BCUT2D eigenvalue weighted by atomic mass is 32.2. The lowest BCUT2D eigenvalue weighted by molar-refractivity contribution is 0.103. The SMILES string of the molecule is N#CC(c1ccccc1)(C1CCCC1)C1CCN(CC2CN(c3ccc([S+]([O-])c4ccncc4)cc3)C2)CC1. The number of pyridine rings is 1. The van der Waals surface area contributed by atoms with Crippen molar-refractivity contribution in [2.45, 2.75) is 53.7 Å². The quantitative estimate of drug-likeness (QED) is 0.327. The largest absolute Gasteiger partial charge is 0.606 e. The second-order valence-electron chi connectivity index (χ2n) is 11.6. The molecule has 2 unspecified atom stereocenters. The highest BCUT2D eigenvalue weighted by molar-refractivity contribution is 7.91. The molecule has 3 fully saturated rings. The van der Waals surface area contributed by atoms with E-state index in [1.807, 2.05) is 24.3 Å². The van der Waals surface area contributed by atoms with Gasteiger partial charge in [0.2, 0.25) is 0 Å². The second-order valence-corrected chi connectivity index (χ2v) is 13.1. The molecule has 5 nitrogen and oxygen atoms in total. The number of nitriles is 1. The van der Waals surface area contributed by atoms with Gasteiger partial charge in [0.25, 0.3) is 0 Å². The normalized spacial score (nSPS) is 21.7. The first-order valence-corrected chi connectivity index (χ1v) is 15.7. The Morgan fingerprint density at radius 2 is 1.46 bits per heavy atom. The number of hydrogen-bond acceptors (Lipinski definition) is 5. The fourth-order valence-corrected chi connectivity index (χ4v) is 8.38. The van der Waals surface area contributed by atoms with Crippen LogP contribution in [-0.4, -0.2) is 47.2 Å². The van der Waals surface area contributed by atoms with Crippen LogP contribution in [0.2, 0.25) is 0 Å². The molecule has 0 radical (unpaired) electrons. The molecule has 1 aliphatic carbocycles. The molecule has 1 saturated carbocycles. The van der Waals surface area contributed by atoms with Crippen molar-refractivity contribution in [2.24, 2.45) is 17.8 Å². The van der Waals surface area contributed by atoms with Crippen LogP contribution in [0.4, 0.5) is 5.69 Å². The van der Waals surface area contributed by atoms with Gasteiger partial charge in [-0.1, -0.05) is 43.2 Å². The average molecular weight is 539 g/mol. The maximum atomic E-state index is 12.8. The lowest BCUT2D eigenvalue weighted by atomic mass is 9.60. The summed E-state index contributed by atoms with van der Waals surface area (Å²) in [4.78, 5) is 10.7. The Hall–Kier alpha value is -2.85. The molecule has 0 bridgehead atoms. The van der Waals surface area contributed by atoms with Crippen molar-refractivity contribution >= 4 is 16.9 Å². The molecule has 3 aromatic rings. The van der Waals surface area contributed by atoms with Crippen LogP contribution in [0.5, 0.6) is 0 Å². The summed E-state index contributed by atoms with van der Waals surface area (Å²) in [6.07, 6.45) is 10.5. The van der Waals surface area contributed by atoms with Crippen LogP contribution in [0.25, 0.3) is 0 Å². The molecular formula is C33H38N4OS. The molecule has 0 amide bonds. The summed E-state index contributed by atoms with van der Waals surface area (Å²) in [5, 5.41) is 10.7. The lowest BCUT2D eigenvalue weighted by Gasteiger charge is -2.47. The molecule has 3 aliphatic rings. The van der Waals surface area contributed by atoms with Gasteiger partial charge in [0.1, 0.15) is 0 Å². The standard InChI is InChI=1S/C33H38N4OS/c34-25-33(28-8-4-5-9-28,27-6-2-1-3-7-27)29-16-20-36(21-17-29)22-26-23-37(24-26)30-10-12-31(13-11-30)39(38)32-14-18-35-19-15-32/h1-3,6-7,10-15,18-19,26,28-29H,4-5,8-9,16-17,20-24H2. The molecule has 0 N–H and O–H groups in total. The molecular weight excluding hydrogens is 500 g/mol. The van der Waals surface area contributed by atoms with Crippen molar-refractivity contribution in [1.29, 1.82) is 5.26 Å². The van der Waals surface area contributed by atoms with Crippen LogP contribution in [0.1, 0.15) is 44.1 Å². The summed E-state index contributed by atoms with van der Waals surface area (Å²) in [7, 11) is 0. The number of anilines is 1. The minimum Gasteiger partial charge on any atom is -0.606 e. The van der Waals surface area contributed by atoms with Crippen LogP contribution >= 0.6 is 0 Å². The van der Waals surface area contributed by atoms with Crippen molar-refractivity contribution in [1.82, 2.24) is 9.88 Å². The van der Waals surface area contributed by atoms with Gasteiger partial charge in [-0.2, -0.15) is 5.26 Å². The van der Waals surface area contributed by atoms with Crippen molar-refractivity contribution in [3.63, 3.8) is 0 Å². The smallest absolute Gasteiger partial charge is 0.161 e. The van der Waals surface area contributed by atoms with Crippen molar-refractivity contribution in [2.75, 3.05) is 37.6 Å². The highest BCUT2D eigenvalue weighted by Gasteiger charge is 2.48. The van der Waals surface area contributed by atoms with Crippen LogP contribution in [-0.2, 0) is 16.6 Å². The number of rotatable bonds is 8. The van der Waals surface area contributed by atoms with Crippen LogP contribution in [0.15, 0.2) is 88.9 Å². The van der Waals surface area contributed by atoms with Crippen LogP contribution in [0.3, 0.4) is 0 Å². The van der Waals surface area contributed by atoms with Crippen LogP contribution in [0, 0.1) is 29.1 Å². The first kappa shape index (κ1) is 26.4. The van der Waals surface area contributed by atoms with E-state index < -0.39 is 11.2 Å². The van der Waals surface area contributed by atoms with E-state index in [1.54, 1.807) is 12.4 Å². The molecule has 2 aliphatic heterocycles. The zero-order valence-electron chi connectivity index (χ0n) is 22.6. The van der Waals surface area contributed by atoms with E-state index in [0.717, 1.165) is 55.4 Å². The van der Waals surface area contributed by atoms with E-state index >= 15 is 0 Å². The molecule has 2 saturated heterocycles. The summed E-state index contributed by atoms with van der Waals surface area (Å²) in [5.74, 6) is 1.62. The number of piperidine rings is 1. The Bertz CT molecular complexity index is 1240. The Labute approximate surface area is 236 Å². The maximum absolute atomic E-state index is 12.8. The zero-order chi connectivity index (χ0) is 26.7. The van der Waals surface area contributed by atoms with Gasteiger partial charge < -0.3 is 14.4 Å². The van der Waals surface area contributed by atoms with E-state index in [-0.39, 0.29) is 5.41 Å². The van der Waals surface area contributed by atoms with E-state index in [9.17, 15) is 9.81 Å². The third-order valence-corrected chi connectivity index (χ3v) is 10.8. The predicted molar refractivity (Wildman–Crippen MR) is 156 cm³/mol. The first-order valence-electron chi connectivity index (χ1n) is 14.5. The van der Waals surface area contributed by atoms with E-state index in [4.69, 9.17) is 0 Å². The molecule has 1 aromatic heterocycles. The molecule has 39 heavy (non-hydrogen) atoms. The fraction of sp³-hybridized carbons (Fsp3) is 0.455. The first-order chi connectivity index (χ1) is 19.2. The van der Waals surface area contributed by atoms with E-state index in [1.165, 1.54) is 36.9 Å². The molecule has 2 atom stereocenters. The molecule has 6 heteroatoms. The van der Waals surface area contributed by atoms with Crippen molar-refractivity contribution < 1.29 is 4.55 Å². The third kappa shape index (κ3) is 5.33. The van der Waals surface area contributed by atoms with Crippen molar-refractivity contribution in [3.8, 4) is 6.07 Å². The molecule has 2 aromatic carbocycles. The fourth-order valence-electron chi connectivity index (χ4n) is 7.36. The van der Waals surface area contributed by atoms with Gasteiger partial charge in [-0.05, 0) is 80.4 Å². The van der Waals surface area contributed by atoms with Gasteiger partial charge in [0.15, 0.2) is 9.79 Å². The molecule has 0 spiro atoms. The number of benzene rings is 2. The lowest BCUT2D eigenvalue weighted by Crippen LogP contribution is -2.53. The number of likely N-dealkylation sites (tertiary alicyclic amines) is 1. The van der Waals surface area contributed by atoms with Gasteiger partial charge in [-0.25, -0.2) is 0 Å². The van der Waals surface area contributed by atoms with Gasteiger partial charge in [-0.15, -0.1) is 0 Å². The Balaban J connectivity index is 1.02. The molecule has 3 heterocycles. The Kier molecular flexibility index (Phi) is 7.92. The second kappa shape index (κ2) is 11.7. The minimum atomic E-state index is -1.17. The monoisotopic (exact) mass is 538 g/mol. The summed E-state index contributed by atoms with van der Waals surface area (Å²) >= 11 is -1.17. The summed E-state index contributed by atoms with van der Waals surface area (Å²) in [6, 6.07) is 25.4. The van der Waals surface area contributed by atoms with E-state index in [0.29, 0.717) is 17.8 Å². The van der Waals surface area contributed by atoms with E-state index in [2.05, 4.69) is 63.3 Å². The zero-order valence-corrected chi connectivity index (χ0v) is 23.4. The predicted octanol–water partition coefficient (Wildman–Crippen LogP) is 6.05. The van der Waals surface area contributed by atoms with Crippen molar-refractivity contribution in [3.05, 3.63) is 84.7 Å². The molecule has 6 rings (SSSR count). The minimum absolute atomic E-state index is 0.329. The summed E-state index contributed by atoms with van der Waals surface area (Å²) < 4.78 is 12.8. The molecule has 202 valence electrons. The van der Waals surface area contributed by atoms with Gasteiger partial charge in [0.05, 0.1) is 11.5 Å². The summed E-state index contributed by atoms with van der Waals surface area (Å²) in [5.41, 5.74) is 2.13. The average Bonchev–Trinajstić information content (AvgIpc) is 3.52. The Morgan fingerprint density at radius 1 is 0.846 bits per heavy atom. The van der Waals surface area contributed by atoms with Gasteiger partial charge >= 0.3 is 0 Å². The number of nitrogens with zero attached hydrogens (tertiary/aromatic N) is 4. The third-order valence-electron chi connectivity index (χ3n) is 9.42. The highest BCUT2D eigenvalue weighted by Crippen LogP contribution is 2.50. The van der Waals surface area contributed by atoms with Gasteiger partial charge in [0, 0.05) is 66.9 Å². The number of aromatic nitrogens is 1. The van der Waals surface area contributed by atoms with Crippen LogP contribution < -0.4 is 4.90 Å². The summed E-state index contributed by atoms with van der Waals surface area (Å²) in [6.45, 7) is 5.48. The maximum Gasteiger partial charge on any atom is 0.161 e. The van der Waals surface area contributed by atoms with Gasteiger partial charge in [-0.3, -0.25) is 4.98 Å². The number of hydrogen-bond donors (Lipinski definition) is 0. The topological polar surface area (TPSA) is 66.2 Å². The Morgan fingerprint density at radius 3 is 2.10 bits per heavy atom.